The SMILES string of the molecule is Oc1cc2c(c3c(Br)cccc13)C(CCl)CN2. The minimum atomic E-state index is 0.300. The Hall–Kier alpha value is -0.930. The molecule has 1 unspecified atom stereocenters. The summed E-state index contributed by atoms with van der Waals surface area (Å²) < 4.78 is 1.00. The molecule has 0 amide bonds. The second kappa shape index (κ2) is 4.07. The van der Waals surface area contributed by atoms with E-state index in [1.165, 1.54) is 5.56 Å². The molecule has 3 rings (SSSR count). The van der Waals surface area contributed by atoms with Crippen LogP contribution >= 0.6 is 27.5 Å². The molecule has 88 valence electrons. The number of hydrogen-bond acceptors (Lipinski definition) is 2. The summed E-state index contributed by atoms with van der Waals surface area (Å²) in [5.41, 5.74) is 2.20. The molecule has 1 atom stereocenters. The van der Waals surface area contributed by atoms with Crippen LogP contribution in [-0.2, 0) is 0 Å². The summed E-state index contributed by atoms with van der Waals surface area (Å²) in [6, 6.07) is 7.64. The largest absolute Gasteiger partial charge is 0.507 e. The molecule has 2 N–H and O–H groups in total. The van der Waals surface area contributed by atoms with Crippen LogP contribution in [-0.4, -0.2) is 17.5 Å². The number of rotatable bonds is 1. The Morgan fingerprint density at radius 3 is 3.06 bits per heavy atom. The average Bonchev–Trinajstić information content (AvgIpc) is 2.72. The second-order valence-corrected chi connectivity index (χ2v) is 5.41. The third-order valence-corrected chi connectivity index (χ3v) is 4.30. The summed E-state index contributed by atoms with van der Waals surface area (Å²) in [5.74, 6) is 1.19. The zero-order chi connectivity index (χ0) is 12.0. The van der Waals surface area contributed by atoms with Crippen molar-refractivity contribution in [2.45, 2.75) is 5.92 Å². The Bertz CT molecular complexity index is 599. The Morgan fingerprint density at radius 2 is 2.29 bits per heavy atom. The number of hydrogen-bond donors (Lipinski definition) is 2. The first kappa shape index (κ1) is 11.2. The van der Waals surface area contributed by atoms with Crippen LogP contribution in [0.5, 0.6) is 5.75 Å². The predicted molar refractivity (Wildman–Crippen MR) is 75.3 cm³/mol. The maximum atomic E-state index is 10.0. The highest BCUT2D eigenvalue weighted by atomic mass is 79.9. The van der Waals surface area contributed by atoms with Crippen molar-refractivity contribution in [2.24, 2.45) is 0 Å². The molecule has 0 spiro atoms. The molecule has 0 saturated carbocycles. The molecule has 0 aliphatic carbocycles. The van der Waals surface area contributed by atoms with Gasteiger partial charge < -0.3 is 10.4 Å². The van der Waals surface area contributed by atoms with E-state index in [4.69, 9.17) is 11.6 Å². The zero-order valence-electron chi connectivity index (χ0n) is 9.00. The summed E-state index contributed by atoms with van der Waals surface area (Å²) in [6.07, 6.45) is 0. The van der Waals surface area contributed by atoms with Gasteiger partial charge >= 0.3 is 0 Å². The summed E-state index contributed by atoms with van der Waals surface area (Å²) in [7, 11) is 0. The number of anilines is 1. The van der Waals surface area contributed by atoms with Gasteiger partial charge in [-0.05, 0) is 11.6 Å². The number of benzene rings is 2. The summed E-state index contributed by atoms with van der Waals surface area (Å²) in [4.78, 5) is 0. The van der Waals surface area contributed by atoms with Gasteiger partial charge in [-0.3, -0.25) is 0 Å². The van der Waals surface area contributed by atoms with Crippen molar-refractivity contribution in [2.75, 3.05) is 17.7 Å². The van der Waals surface area contributed by atoms with Crippen LogP contribution in [0, 0.1) is 0 Å². The molecule has 0 bridgehead atoms. The highest BCUT2D eigenvalue weighted by Crippen LogP contribution is 2.44. The molecular formula is C13H11BrClNO. The smallest absolute Gasteiger partial charge is 0.125 e. The van der Waals surface area contributed by atoms with Gasteiger partial charge in [0.1, 0.15) is 5.75 Å². The van der Waals surface area contributed by atoms with E-state index in [0.29, 0.717) is 17.5 Å². The summed E-state index contributed by atoms with van der Waals surface area (Å²) in [5, 5.41) is 15.3. The first-order chi connectivity index (χ1) is 8.22. The van der Waals surface area contributed by atoms with Gasteiger partial charge in [-0.15, -0.1) is 11.6 Å². The highest BCUT2D eigenvalue weighted by Gasteiger charge is 2.26. The van der Waals surface area contributed by atoms with Crippen molar-refractivity contribution in [3.05, 3.63) is 34.3 Å². The number of phenolic OH excluding ortho intramolecular Hbond substituents is 1. The number of aromatic hydroxyl groups is 1. The molecule has 0 aromatic heterocycles. The number of alkyl halides is 1. The molecular weight excluding hydrogens is 302 g/mol. The number of fused-ring (bicyclic) bond motifs is 3. The molecule has 0 fully saturated rings. The van der Waals surface area contributed by atoms with E-state index < -0.39 is 0 Å². The van der Waals surface area contributed by atoms with Crippen molar-refractivity contribution in [3.8, 4) is 5.75 Å². The third kappa shape index (κ3) is 1.60. The van der Waals surface area contributed by atoms with Crippen LogP contribution in [0.1, 0.15) is 11.5 Å². The lowest BCUT2D eigenvalue weighted by Gasteiger charge is -2.12. The lowest BCUT2D eigenvalue weighted by atomic mass is 9.95. The van der Waals surface area contributed by atoms with Crippen molar-refractivity contribution >= 4 is 44.0 Å². The van der Waals surface area contributed by atoms with Crippen LogP contribution in [0.4, 0.5) is 5.69 Å². The molecule has 17 heavy (non-hydrogen) atoms. The van der Waals surface area contributed by atoms with Gasteiger partial charge in [-0.1, -0.05) is 28.1 Å². The lowest BCUT2D eigenvalue weighted by Crippen LogP contribution is -2.03. The van der Waals surface area contributed by atoms with Crippen molar-refractivity contribution in [1.29, 1.82) is 0 Å². The monoisotopic (exact) mass is 311 g/mol. The van der Waals surface area contributed by atoms with Gasteiger partial charge in [0.05, 0.1) is 0 Å². The van der Waals surface area contributed by atoms with Gasteiger partial charge in [-0.25, -0.2) is 0 Å². The maximum absolute atomic E-state index is 10.0. The topological polar surface area (TPSA) is 32.3 Å². The summed E-state index contributed by atoms with van der Waals surface area (Å²) >= 11 is 9.57. The van der Waals surface area contributed by atoms with E-state index in [0.717, 1.165) is 27.5 Å². The maximum Gasteiger partial charge on any atom is 0.125 e. The van der Waals surface area contributed by atoms with E-state index in [-0.39, 0.29) is 0 Å². The van der Waals surface area contributed by atoms with Gasteiger partial charge in [0.2, 0.25) is 0 Å². The zero-order valence-corrected chi connectivity index (χ0v) is 11.3. The quantitative estimate of drug-likeness (QED) is 0.778. The molecule has 4 heteroatoms. The first-order valence-corrected chi connectivity index (χ1v) is 6.79. The fourth-order valence-corrected chi connectivity index (χ4v) is 3.32. The van der Waals surface area contributed by atoms with Gasteiger partial charge in [0, 0.05) is 45.3 Å². The predicted octanol–water partition coefficient (Wildman–Crippen LogP) is 4.06. The molecule has 1 heterocycles. The number of halogens is 2. The van der Waals surface area contributed by atoms with Crippen molar-refractivity contribution < 1.29 is 5.11 Å². The van der Waals surface area contributed by atoms with Crippen molar-refractivity contribution in [1.82, 2.24) is 0 Å². The molecule has 2 nitrogen and oxygen atoms in total. The fraction of sp³-hybridized carbons (Fsp3) is 0.231. The third-order valence-electron chi connectivity index (χ3n) is 3.26. The molecule has 0 radical (unpaired) electrons. The van der Waals surface area contributed by atoms with Crippen LogP contribution in [0.2, 0.25) is 0 Å². The minimum Gasteiger partial charge on any atom is -0.507 e. The van der Waals surface area contributed by atoms with Gasteiger partial charge in [0.15, 0.2) is 0 Å². The standard InChI is InChI=1S/C13H11BrClNO/c14-9-3-1-2-8-11(17)4-10-12(13(8)9)7(5-15)6-16-10/h1-4,7,16-17H,5-6H2. The van der Waals surface area contributed by atoms with E-state index >= 15 is 0 Å². The Labute approximate surface area is 113 Å². The molecule has 2 aromatic rings. The van der Waals surface area contributed by atoms with Crippen LogP contribution in [0.3, 0.4) is 0 Å². The number of phenols is 1. The molecule has 2 aromatic carbocycles. The highest BCUT2D eigenvalue weighted by molar-refractivity contribution is 9.10. The Morgan fingerprint density at radius 1 is 1.47 bits per heavy atom. The molecule has 1 aliphatic heterocycles. The molecule has 1 aliphatic rings. The normalized spacial score (nSPS) is 18.1. The number of nitrogens with one attached hydrogen (secondary N) is 1. The Kier molecular flexibility index (Phi) is 2.68. The van der Waals surface area contributed by atoms with E-state index in [1.54, 1.807) is 6.07 Å². The fourth-order valence-electron chi connectivity index (χ4n) is 2.48. The first-order valence-electron chi connectivity index (χ1n) is 5.46. The van der Waals surface area contributed by atoms with Crippen LogP contribution < -0.4 is 5.32 Å². The summed E-state index contributed by atoms with van der Waals surface area (Å²) in [6.45, 7) is 0.832. The Balaban J connectivity index is 2.43. The lowest BCUT2D eigenvalue weighted by molar-refractivity contribution is 0.482. The van der Waals surface area contributed by atoms with Crippen molar-refractivity contribution in [3.63, 3.8) is 0 Å². The average molecular weight is 313 g/mol. The minimum absolute atomic E-state index is 0.300. The van der Waals surface area contributed by atoms with Crippen LogP contribution in [0.25, 0.3) is 10.8 Å². The van der Waals surface area contributed by atoms with Gasteiger partial charge in [0.25, 0.3) is 0 Å². The second-order valence-electron chi connectivity index (χ2n) is 4.25. The van der Waals surface area contributed by atoms with E-state index in [2.05, 4.69) is 21.2 Å². The van der Waals surface area contributed by atoms with Gasteiger partial charge in [-0.2, -0.15) is 0 Å². The van der Waals surface area contributed by atoms with Crippen LogP contribution in [0.15, 0.2) is 28.7 Å². The van der Waals surface area contributed by atoms with E-state index in [9.17, 15) is 5.11 Å². The molecule has 0 saturated heterocycles. The van der Waals surface area contributed by atoms with E-state index in [1.807, 2.05) is 18.2 Å².